The number of hydrogen-bond donors (Lipinski definition) is 2. The van der Waals surface area contributed by atoms with E-state index in [1.165, 1.54) is 18.4 Å². The summed E-state index contributed by atoms with van der Waals surface area (Å²) in [4.78, 5) is 11.7. The fraction of sp³-hybridized carbons (Fsp3) is 0.588. The van der Waals surface area contributed by atoms with Crippen molar-refractivity contribution < 1.29 is 9.90 Å². The topological polar surface area (TPSA) is 49.3 Å². The van der Waals surface area contributed by atoms with E-state index in [1.807, 2.05) is 12.1 Å². The van der Waals surface area contributed by atoms with Crippen LogP contribution in [-0.4, -0.2) is 17.6 Å². The average molecular weight is 275 g/mol. The number of nitrogens with one attached hydrogen (secondary N) is 1. The highest BCUT2D eigenvalue weighted by atomic mass is 16.4. The third-order valence-electron chi connectivity index (χ3n) is 4.04. The molecular weight excluding hydrogens is 250 g/mol. The van der Waals surface area contributed by atoms with Gasteiger partial charge in [0.15, 0.2) is 0 Å². The summed E-state index contributed by atoms with van der Waals surface area (Å²) in [5, 5.41) is 12.8. The predicted octanol–water partition coefficient (Wildman–Crippen LogP) is 3.18. The van der Waals surface area contributed by atoms with Crippen LogP contribution in [0.2, 0.25) is 0 Å². The summed E-state index contributed by atoms with van der Waals surface area (Å²) in [5.74, 6) is 0.461. The summed E-state index contributed by atoms with van der Waals surface area (Å²) in [6.07, 6.45) is 3.46. The van der Waals surface area contributed by atoms with Gasteiger partial charge in [-0.15, -0.1) is 0 Å². The molecular formula is C17H25NO2. The number of rotatable bonds is 7. The molecule has 0 aliphatic heterocycles. The summed E-state index contributed by atoms with van der Waals surface area (Å²) in [6, 6.07) is 8.00. The fourth-order valence-corrected chi connectivity index (χ4v) is 2.42. The summed E-state index contributed by atoms with van der Waals surface area (Å²) in [6.45, 7) is 6.92. The van der Waals surface area contributed by atoms with Gasteiger partial charge in [0.1, 0.15) is 5.54 Å². The molecule has 1 atom stereocenters. The molecule has 0 aromatic heterocycles. The minimum Gasteiger partial charge on any atom is -0.480 e. The lowest BCUT2D eigenvalue weighted by Gasteiger charge is -2.27. The molecule has 2 N–H and O–H groups in total. The Labute approximate surface area is 121 Å². The van der Waals surface area contributed by atoms with E-state index in [0.29, 0.717) is 11.8 Å². The Balaban J connectivity index is 2.13. The molecule has 0 amide bonds. The number of aliphatic carboxylic acids is 1. The van der Waals surface area contributed by atoms with Crippen molar-refractivity contribution in [3.8, 4) is 0 Å². The van der Waals surface area contributed by atoms with Crippen LogP contribution in [0.5, 0.6) is 0 Å². The van der Waals surface area contributed by atoms with Gasteiger partial charge in [-0.1, -0.05) is 38.1 Å². The van der Waals surface area contributed by atoms with Gasteiger partial charge >= 0.3 is 5.97 Å². The Hall–Kier alpha value is -1.35. The highest BCUT2D eigenvalue weighted by Gasteiger charge is 2.36. The maximum Gasteiger partial charge on any atom is 0.328 e. The number of carboxylic acids is 1. The second-order valence-electron chi connectivity index (χ2n) is 6.55. The van der Waals surface area contributed by atoms with E-state index in [1.54, 1.807) is 6.92 Å². The molecule has 0 bridgehead atoms. The van der Waals surface area contributed by atoms with Gasteiger partial charge in [-0.3, -0.25) is 5.32 Å². The molecule has 1 aromatic carbocycles. The minimum atomic E-state index is -0.987. The van der Waals surface area contributed by atoms with Gasteiger partial charge in [0.25, 0.3) is 0 Å². The Morgan fingerprint density at radius 1 is 1.35 bits per heavy atom. The monoisotopic (exact) mass is 275 g/mol. The summed E-state index contributed by atoms with van der Waals surface area (Å²) >= 11 is 0. The van der Waals surface area contributed by atoms with E-state index in [2.05, 4.69) is 31.3 Å². The Bertz CT molecular complexity index is 462. The lowest BCUT2D eigenvalue weighted by atomic mass is 9.90. The molecule has 1 aliphatic rings. The zero-order valence-electron chi connectivity index (χ0n) is 12.6. The van der Waals surface area contributed by atoms with Crippen LogP contribution in [0, 0.1) is 11.8 Å². The van der Waals surface area contributed by atoms with Gasteiger partial charge in [0.05, 0.1) is 0 Å². The second kappa shape index (κ2) is 5.96. The molecule has 0 spiro atoms. The summed E-state index contributed by atoms with van der Waals surface area (Å²) in [7, 11) is 0. The lowest BCUT2D eigenvalue weighted by Crippen LogP contribution is -2.47. The van der Waals surface area contributed by atoms with E-state index >= 15 is 0 Å². The Morgan fingerprint density at radius 2 is 1.95 bits per heavy atom. The van der Waals surface area contributed by atoms with E-state index < -0.39 is 11.5 Å². The smallest absolute Gasteiger partial charge is 0.328 e. The van der Waals surface area contributed by atoms with Crippen molar-refractivity contribution in [2.24, 2.45) is 11.8 Å². The maximum atomic E-state index is 11.7. The molecule has 1 unspecified atom stereocenters. The van der Waals surface area contributed by atoms with Crippen molar-refractivity contribution in [2.75, 3.05) is 6.54 Å². The van der Waals surface area contributed by atoms with Gasteiger partial charge in [-0.25, -0.2) is 4.79 Å². The van der Waals surface area contributed by atoms with Crippen LogP contribution in [0.25, 0.3) is 0 Å². The summed E-state index contributed by atoms with van der Waals surface area (Å²) < 4.78 is 0. The molecule has 2 rings (SSSR count). The fourth-order valence-electron chi connectivity index (χ4n) is 2.42. The zero-order valence-corrected chi connectivity index (χ0v) is 12.6. The first kappa shape index (κ1) is 15.0. The van der Waals surface area contributed by atoms with Gasteiger partial charge in [-0.05, 0) is 55.7 Å². The van der Waals surface area contributed by atoms with Crippen molar-refractivity contribution in [1.82, 2.24) is 5.32 Å². The standard InChI is InChI=1S/C17H25NO2/c1-12(2)10-13-6-8-15(9-7-13)17(3,16(19)20)18-11-14-4-5-14/h6-9,12,14,18H,4-5,10-11H2,1-3H3,(H,19,20). The first-order valence-corrected chi connectivity index (χ1v) is 7.49. The van der Waals surface area contributed by atoms with E-state index in [0.717, 1.165) is 18.5 Å². The molecule has 3 nitrogen and oxygen atoms in total. The Kier molecular flexibility index (Phi) is 4.48. The predicted molar refractivity (Wildman–Crippen MR) is 80.7 cm³/mol. The highest BCUT2D eigenvalue weighted by Crippen LogP contribution is 2.30. The quantitative estimate of drug-likeness (QED) is 0.803. The van der Waals surface area contributed by atoms with Crippen LogP contribution >= 0.6 is 0 Å². The third kappa shape index (κ3) is 3.60. The zero-order chi connectivity index (χ0) is 14.8. The van der Waals surface area contributed by atoms with E-state index in [9.17, 15) is 9.90 Å². The molecule has 1 aliphatic carbocycles. The molecule has 3 heteroatoms. The first-order chi connectivity index (χ1) is 9.41. The minimum absolute atomic E-state index is 0.611. The van der Waals surface area contributed by atoms with Crippen LogP contribution in [0.15, 0.2) is 24.3 Å². The van der Waals surface area contributed by atoms with Gasteiger partial charge in [0, 0.05) is 0 Å². The number of carbonyl (C=O) groups is 1. The SMILES string of the molecule is CC(C)Cc1ccc(C(C)(NCC2CC2)C(=O)O)cc1. The number of hydrogen-bond acceptors (Lipinski definition) is 2. The van der Waals surface area contributed by atoms with Crippen molar-refractivity contribution in [2.45, 2.75) is 45.6 Å². The molecule has 0 heterocycles. The van der Waals surface area contributed by atoms with Crippen LogP contribution in [0.3, 0.4) is 0 Å². The van der Waals surface area contributed by atoms with E-state index in [4.69, 9.17) is 0 Å². The molecule has 1 aromatic rings. The second-order valence-corrected chi connectivity index (χ2v) is 6.55. The Morgan fingerprint density at radius 3 is 2.40 bits per heavy atom. The van der Waals surface area contributed by atoms with Crippen molar-refractivity contribution in [3.05, 3.63) is 35.4 Å². The normalized spacial score (nSPS) is 18.0. The lowest BCUT2D eigenvalue weighted by molar-refractivity contribution is -0.144. The van der Waals surface area contributed by atoms with Gasteiger partial charge in [-0.2, -0.15) is 0 Å². The van der Waals surface area contributed by atoms with Gasteiger partial charge in [0.2, 0.25) is 0 Å². The molecule has 110 valence electrons. The largest absolute Gasteiger partial charge is 0.480 e. The molecule has 0 saturated heterocycles. The van der Waals surface area contributed by atoms with Crippen LogP contribution in [0.4, 0.5) is 0 Å². The average Bonchev–Trinajstić information content (AvgIpc) is 3.20. The molecule has 0 radical (unpaired) electrons. The van der Waals surface area contributed by atoms with Gasteiger partial charge < -0.3 is 5.11 Å². The van der Waals surface area contributed by atoms with Crippen LogP contribution in [-0.2, 0) is 16.8 Å². The van der Waals surface area contributed by atoms with Crippen molar-refractivity contribution in [1.29, 1.82) is 0 Å². The molecule has 20 heavy (non-hydrogen) atoms. The summed E-state index contributed by atoms with van der Waals surface area (Å²) in [5.41, 5.74) is 1.11. The van der Waals surface area contributed by atoms with Crippen molar-refractivity contribution >= 4 is 5.97 Å². The molecule has 1 saturated carbocycles. The first-order valence-electron chi connectivity index (χ1n) is 7.49. The van der Waals surface area contributed by atoms with Crippen LogP contribution in [0.1, 0.15) is 44.7 Å². The van der Waals surface area contributed by atoms with E-state index in [-0.39, 0.29) is 0 Å². The number of benzene rings is 1. The molecule has 1 fully saturated rings. The number of carboxylic acid groups (broad SMARTS) is 1. The highest BCUT2D eigenvalue weighted by molar-refractivity contribution is 5.80. The van der Waals surface area contributed by atoms with Crippen molar-refractivity contribution in [3.63, 3.8) is 0 Å². The maximum absolute atomic E-state index is 11.7. The third-order valence-corrected chi connectivity index (χ3v) is 4.04. The van der Waals surface area contributed by atoms with Crippen LogP contribution < -0.4 is 5.32 Å².